The number of carbonyl (C=O) groups is 1. The number of carbonyl (C=O) groups excluding carboxylic acids is 1. The molecule has 1 aliphatic carbocycles. The van der Waals surface area contributed by atoms with E-state index in [2.05, 4.69) is 10.3 Å². The number of hydrogen-bond acceptors (Lipinski definition) is 3. The van der Waals surface area contributed by atoms with Gasteiger partial charge in [0.25, 0.3) is 5.91 Å². The quantitative estimate of drug-likeness (QED) is 0.814. The Bertz CT molecular complexity index is 416. The van der Waals surface area contributed by atoms with E-state index in [9.17, 15) is 4.79 Å². The first-order valence-corrected chi connectivity index (χ1v) is 6.26. The van der Waals surface area contributed by atoms with Crippen LogP contribution in [0, 0.1) is 0 Å². The van der Waals surface area contributed by atoms with Crippen LogP contribution in [0.5, 0.6) is 0 Å². The third kappa shape index (κ3) is 3.09. The highest BCUT2D eigenvalue weighted by molar-refractivity contribution is 6.29. The molecular weight excluding hydrogens is 238 g/mol. The van der Waals surface area contributed by atoms with Gasteiger partial charge in [-0.3, -0.25) is 4.79 Å². The maximum Gasteiger partial charge on any atom is 0.252 e. The van der Waals surface area contributed by atoms with E-state index in [-0.39, 0.29) is 0 Å². The van der Waals surface area contributed by atoms with E-state index >= 15 is 0 Å². The van der Waals surface area contributed by atoms with Crippen molar-refractivity contribution in [3.8, 4) is 0 Å². The molecule has 0 radical (unpaired) electrons. The van der Waals surface area contributed by atoms with Gasteiger partial charge in [-0.15, -0.1) is 0 Å². The van der Waals surface area contributed by atoms with Crippen LogP contribution in [-0.2, 0) is 0 Å². The number of anilines is 1. The normalized spacial score (nSPS) is 16.8. The predicted octanol–water partition coefficient (Wildman–Crippen LogP) is 2.58. The molecule has 1 aromatic heterocycles. The second-order valence-electron chi connectivity index (χ2n) is 4.40. The number of aromatic nitrogens is 1. The minimum absolute atomic E-state index is 0.369. The molecule has 1 aromatic rings. The fourth-order valence-corrected chi connectivity index (χ4v) is 2.37. The molecule has 92 valence electrons. The molecule has 0 saturated heterocycles. The number of rotatable bonds is 3. The third-order valence-corrected chi connectivity index (χ3v) is 3.31. The topological polar surface area (TPSA) is 68.0 Å². The molecule has 0 atom stereocenters. The van der Waals surface area contributed by atoms with E-state index in [1.807, 2.05) is 0 Å². The van der Waals surface area contributed by atoms with Crippen LogP contribution in [0.4, 0.5) is 5.69 Å². The zero-order valence-electron chi connectivity index (χ0n) is 9.58. The Morgan fingerprint density at radius 3 is 2.76 bits per heavy atom. The average Bonchev–Trinajstić information content (AvgIpc) is 2.30. The molecule has 4 nitrogen and oxygen atoms in total. The van der Waals surface area contributed by atoms with Crippen molar-refractivity contribution in [2.24, 2.45) is 5.73 Å². The van der Waals surface area contributed by atoms with Crippen LogP contribution in [0.15, 0.2) is 12.3 Å². The van der Waals surface area contributed by atoms with Gasteiger partial charge >= 0.3 is 0 Å². The molecule has 1 saturated carbocycles. The maximum absolute atomic E-state index is 11.3. The Labute approximate surface area is 106 Å². The molecule has 1 amide bonds. The van der Waals surface area contributed by atoms with Crippen LogP contribution in [0.2, 0.25) is 5.15 Å². The number of amides is 1. The van der Waals surface area contributed by atoms with Gasteiger partial charge in [-0.05, 0) is 18.9 Å². The first-order valence-electron chi connectivity index (χ1n) is 5.88. The van der Waals surface area contributed by atoms with Gasteiger partial charge < -0.3 is 11.1 Å². The lowest BCUT2D eigenvalue weighted by atomic mass is 9.95. The van der Waals surface area contributed by atoms with Gasteiger partial charge in [0.1, 0.15) is 5.15 Å². The molecule has 0 unspecified atom stereocenters. The molecule has 1 fully saturated rings. The van der Waals surface area contributed by atoms with Crippen molar-refractivity contribution in [2.45, 2.75) is 38.1 Å². The van der Waals surface area contributed by atoms with Gasteiger partial charge in [-0.2, -0.15) is 0 Å². The largest absolute Gasteiger partial charge is 0.382 e. The molecule has 0 bridgehead atoms. The fraction of sp³-hybridized carbons (Fsp3) is 0.500. The van der Waals surface area contributed by atoms with Crippen molar-refractivity contribution in [2.75, 3.05) is 5.32 Å². The summed E-state index contributed by atoms with van der Waals surface area (Å²) >= 11 is 5.84. The fourth-order valence-electron chi connectivity index (χ4n) is 2.21. The van der Waals surface area contributed by atoms with Crippen LogP contribution in [0.1, 0.15) is 42.5 Å². The van der Waals surface area contributed by atoms with Crippen molar-refractivity contribution in [1.82, 2.24) is 4.98 Å². The van der Waals surface area contributed by atoms with Gasteiger partial charge in [-0.25, -0.2) is 4.98 Å². The van der Waals surface area contributed by atoms with E-state index in [1.54, 1.807) is 6.07 Å². The molecule has 5 heteroatoms. The van der Waals surface area contributed by atoms with Gasteiger partial charge in [0, 0.05) is 12.2 Å². The van der Waals surface area contributed by atoms with E-state index in [4.69, 9.17) is 17.3 Å². The molecule has 1 aliphatic rings. The highest BCUT2D eigenvalue weighted by atomic mass is 35.5. The summed E-state index contributed by atoms with van der Waals surface area (Å²) in [5, 5.41) is 3.72. The highest BCUT2D eigenvalue weighted by Gasteiger charge is 2.16. The number of nitrogens with zero attached hydrogens (tertiary/aromatic N) is 1. The smallest absolute Gasteiger partial charge is 0.252 e. The Kier molecular flexibility index (Phi) is 3.84. The molecule has 3 N–H and O–H groups in total. The van der Waals surface area contributed by atoms with E-state index in [0.717, 1.165) is 12.8 Å². The Morgan fingerprint density at radius 2 is 2.12 bits per heavy atom. The maximum atomic E-state index is 11.3. The van der Waals surface area contributed by atoms with Gasteiger partial charge in [0.05, 0.1) is 11.3 Å². The average molecular weight is 254 g/mol. The monoisotopic (exact) mass is 253 g/mol. The van der Waals surface area contributed by atoms with E-state index < -0.39 is 5.91 Å². The number of nitrogens with two attached hydrogens (primary N) is 1. The van der Waals surface area contributed by atoms with Crippen molar-refractivity contribution >= 4 is 23.2 Å². The molecular formula is C12H16ClN3O. The standard InChI is InChI=1S/C12H16ClN3O/c13-11-6-10(9(7-15-11)12(14)17)16-8-4-2-1-3-5-8/h6-8H,1-5H2,(H2,14,17)(H,15,16). The van der Waals surface area contributed by atoms with Crippen LogP contribution in [0.3, 0.4) is 0 Å². The number of nitrogens with one attached hydrogen (secondary N) is 1. The second kappa shape index (κ2) is 5.36. The number of pyridine rings is 1. The first-order chi connectivity index (χ1) is 8.16. The summed E-state index contributed by atoms with van der Waals surface area (Å²) in [4.78, 5) is 15.2. The molecule has 17 heavy (non-hydrogen) atoms. The summed E-state index contributed by atoms with van der Waals surface area (Å²) in [6, 6.07) is 2.07. The van der Waals surface area contributed by atoms with Crippen LogP contribution < -0.4 is 11.1 Å². The Hall–Kier alpha value is -1.29. The molecule has 2 rings (SSSR count). The lowest BCUT2D eigenvalue weighted by molar-refractivity contribution is 0.100. The summed E-state index contributed by atoms with van der Waals surface area (Å²) in [6.45, 7) is 0. The number of primary amides is 1. The SMILES string of the molecule is NC(=O)c1cnc(Cl)cc1NC1CCCCC1. The first kappa shape index (κ1) is 12.2. The van der Waals surface area contributed by atoms with E-state index in [0.29, 0.717) is 22.4 Å². The summed E-state index contributed by atoms with van der Waals surface area (Å²) < 4.78 is 0. The Balaban J connectivity index is 2.17. The zero-order valence-corrected chi connectivity index (χ0v) is 10.3. The zero-order chi connectivity index (χ0) is 12.3. The molecule has 1 heterocycles. The van der Waals surface area contributed by atoms with Crippen molar-refractivity contribution in [3.05, 3.63) is 23.0 Å². The summed E-state index contributed by atoms with van der Waals surface area (Å²) in [6.07, 6.45) is 7.41. The third-order valence-electron chi connectivity index (χ3n) is 3.10. The predicted molar refractivity (Wildman–Crippen MR) is 68.3 cm³/mol. The number of hydrogen-bond donors (Lipinski definition) is 2. The molecule has 0 aliphatic heterocycles. The van der Waals surface area contributed by atoms with Crippen molar-refractivity contribution in [1.29, 1.82) is 0 Å². The van der Waals surface area contributed by atoms with Gasteiger partial charge in [0.2, 0.25) is 0 Å². The lowest BCUT2D eigenvalue weighted by Crippen LogP contribution is -2.24. The van der Waals surface area contributed by atoms with Crippen molar-refractivity contribution < 1.29 is 4.79 Å². The minimum atomic E-state index is -0.479. The Morgan fingerprint density at radius 1 is 1.41 bits per heavy atom. The second-order valence-corrected chi connectivity index (χ2v) is 4.78. The van der Waals surface area contributed by atoms with Crippen LogP contribution in [0.25, 0.3) is 0 Å². The van der Waals surface area contributed by atoms with Crippen LogP contribution in [-0.4, -0.2) is 16.9 Å². The van der Waals surface area contributed by atoms with Crippen LogP contribution >= 0.6 is 11.6 Å². The number of halogens is 1. The van der Waals surface area contributed by atoms with Gasteiger partial charge in [-0.1, -0.05) is 30.9 Å². The summed E-state index contributed by atoms with van der Waals surface area (Å²) in [5.74, 6) is -0.479. The summed E-state index contributed by atoms with van der Waals surface area (Å²) in [7, 11) is 0. The lowest BCUT2D eigenvalue weighted by Gasteiger charge is -2.24. The minimum Gasteiger partial charge on any atom is -0.382 e. The van der Waals surface area contributed by atoms with Gasteiger partial charge in [0.15, 0.2) is 0 Å². The van der Waals surface area contributed by atoms with E-state index in [1.165, 1.54) is 25.5 Å². The summed E-state index contributed by atoms with van der Waals surface area (Å²) in [5.41, 5.74) is 6.41. The highest BCUT2D eigenvalue weighted by Crippen LogP contribution is 2.24. The molecule has 0 spiro atoms. The van der Waals surface area contributed by atoms with Crippen molar-refractivity contribution in [3.63, 3.8) is 0 Å². The molecule has 0 aromatic carbocycles.